The summed E-state index contributed by atoms with van der Waals surface area (Å²) in [4.78, 5) is 0. The van der Waals surface area contributed by atoms with Gasteiger partial charge in [0.25, 0.3) is 0 Å². The molecule has 0 aliphatic heterocycles. The Morgan fingerprint density at radius 3 is 2.62 bits per heavy atom. The van der Waals surface area contributed by atoms with Crippen LogP contribution in [0, 0.1) is 0 Å². The molecule has 3 nitrogen and oxygen atoms in total. The summed E-state index contributed by atoms with van der Waals surface area (Å²) in [6, 6.07) is 5.45. The molecule has 1 atom stereocenters. The van der Waals surface area contributed by atoms with E-state index in [-0.39, 0.29) is 6.04 Å². The van der Waals surface area contributed by atoms with Gasteiger partial charge in [0.1, 0.15) is 5.75 Å². The highest BCUT2D eigenvalue weighted by molar-refractivity contribution is 9.10. The maximum atomic E-state index is 9.75. The van der Waals surface area contributed by atoms with Crippen LogP contribution in [0.2, 0.25) is 0 Å². The Labute approximate surface area is 105 Å². The second-order valence-electron chi connectivity index (χ2n) is 4.51. The van der Waals surface area contributed by atoms with Crippen molar-refractivity contribution in [1.29, 1.82) is 0 Å². The number of ether oxygens (including phenoxy) is 1. The van der Waals surface area contributed by atoms with Crippen LogP contribution in [0.15, 0.2) is 22.7 Å². The van der Waals surface area contributed by atoms with Crippen LogP contribution in [0.3, 0.4) is 0 Å². The number of hydrogen-bond acceptors (Lipinski definition) is 3. The maximum Gasteiger partial charge on any atom is 0.123 e. The highest BCUT2D eigenvalue weighted by Gasteiger charge is 2.21. The van der Waals surface area contributed by atoms with Gasteiger partial charge < -0.3 is 15.6 Å². The smallest absolute Gasteiger partial charge is 0.123 e. The summed E-state index contributed by atoms with van der Waals surface area (Å²) in [5.41, 5.74) is 6.18. The van der Waals surface area contributed by atoms with Crippen molar-refractivity contribution in [3.8, 4) is 5.75 Å². The van der Waals surface area contributed by atoms with Crippen molar-refractivity contribution >= 4 is 15.9 Å². The standard InChI is InChI=1S/C12H18BrNO2/c1-12(2,15)7-10(14)9-6-8(13)4-5-11(9)16-3/h4-6,10,15H,7,14H2,1-3H3. The van der Waals surface area contributed by atoms with Crippen molar-refractivity contribution in [3.63, 3.8) is 0 Å². The lowest BCUT2D eigenvalue weighted by Gasteiger charge is -2.23. The average Bonchev–Trinajstić information content (AvgIpc) is 2.15. The van der Waals surface area contributed by atoms with Crippen LogP contribution in [0.5, 0.6) is 5.75 Å². The lowest BCUT2D eigenvalue weighted by molar-refractivity contribution is 0.0633. The molecular formula is C12H18BrNO2. The number of halogens is 1. The third-order valence-electron chi connectivity index (χ3n) is 2.31. The molecule has 3 N–H and O–H groups in total. The monoisotopic (exact) mass is 287 g/mol. The third-order valence-corrected chi connectivity index (χ3v) is 2.80. The summed E-state index contributed by atoms with van der Waals surface area (Å²) in [6.07, 6.45) is 0.486. The highest BCUT2D eigenvalue weighted by Crippen LogP contribution is 2.31. The summed E-state index contributed by atoms with van der Waals surface area (Å²) in [5.74, 6) is 0.750. The molecule has 0 aromatic heterocycles. The second-order valence-corrected chi connectivity index (χ2v) is 5.42. The Balaban J connectivity index is 2.97. The van der Waals surface area contributed by atoms with Crippen molar-refractivity contribution < 1.29 is 9.84 Å². The summed E-state index contributed by atoms with van der Waals surface area (Å²) in [7, 11) is 1.61. The minimum atomic E-state index is -0.785. The van der Waals surface area contributed by atoms with Gasteiger partial charge >= 0.3 is 0 Å². The van der Waals surface area contributed by atoms with E-state index in [4.69, 9.17) is 10.5 Å². The predicted octanol–water partition coefficient (Wildman–Crippen LogP) is 2.62. The minimum Gasteiger partial charge on any atom is -0.496 e. The Hall–Kier alpha value is -0.580. The van der Waals surface area contributed by atoms with Gasteiger partial charge in [-0.2, -0.15) is 0 Å². The molecule has 0 fully saturated rings. The number of rotatable bonds is 4. The zero-order valence-electron chi connectivity index (χ0n) is 9.83. The van der Waals surface area contributed by atoms with Gasteiger partial charge in [-0.15, -0.1) is 0 Å². The number of methoxy groups -OCH3 is 1. The zero-order valence-corrected chi connectivity index (χ0v) is 11.4. The van der Waals surface area contributed by atoms with Gasteiger partial charge in [-0.25, -0.2) is 0 Å². The van der Waals surface area contributed by atoms with Crippen LogP contribution >= 0.6 is 15.9 Å². The predicted molar refractivity (Wildman–Crippen MR) is 68.5 cm³/mol. The Bertz CT molecular complexity index is 361. The van der Waals surface area contributed by atoms with Gasteiger partial charge in [0.2, 0.25) is 0 Å². The fraction of sp³-hybridized carbons (Fsp3) is 0.500. The molecule has 90 valence electrons. The molecule has 0 spiro atoms. The largest absolute Gasteiger partial charge is 0.496 e. The first-order valence-corrected chi connectivity index (χ1v) is 5.94. The number of hydrogen-bond donors (Lipinski definition) is 2. The van der Waals surface area contributed by atoms with Crippen LogP contribution in [0.1, 0.15) is 31.9 Å². The van der Waals surface area contributed by atoms with Crippen LogP contribution in [-0.4, -0.2) is 17.8 Å². The molecule has 0 saturated heterocycles. The van der Waals surface area contributed by atoms with Crippen molar-refractivity contribution in [1.82, 2.24) is 0 Å². The van der Waals surface area contributed by atoms with E-state index in [1.807, 2.05) is 18.2 Å². The topological polar surface area (TPSA) is 55.5 Å². The van der Waals surface area contributed by atoms with Crippen molar-refractivity contribution in [2.75, 3.05) is 7.11 Å². The summed E-state index contributed by atoms with van der Waals surface area (Å²) >= 11 is 3.40. The summed E-state index contributed by atoms with van der Waals surface area (Å²) < 4.78 is 6.21. The van der Waals surface area contributed by atoms with Gasteiger partial charge in [-0.1, -0.05) is 15.9 Å². The molecule has 1 aromatic rings. The molecular weight excluding hydrogens is 270 g/mol. The Kier molecular flexibility index (Phi) is 4.35. The molecule has 0 aliphatic rings. The van der Waals surface area contributed by atoms with Gasteiger partial charge in [-0.3, -0.25) is 0 Å². The Morgan fingerprint density at radius 1 is 1.50 bits per heavy atom. The SMILES string of the molecule is COc1ccc(Br)cc1C(N)CC(C)(C)O. The molecule has 0 aliphatic carbocycles. The molecule has 0 radical (unpaired) electrons. The van der Waals surface area contributed by atoms with E-state index in [1.165, 1.54) is 0 Å². The molecule has 16 heavy (non-hydrogen) atoms. The van der Waals surface area contributed by atoms with Crippen molar-refractivity contribution in [2.24, 2.45) is 5.73 Å². The van der Waals surface area contributed by atoms with E-state index < -0.39 is 5.60 Å². The van der Waals surface area contributed by atoms with E-state index in [0.717, 1.165) is 15.8 Å². The molecule has 0 amide bonds. The zero-order chi connectivity index (χ0) is 12.3. The van der Waals surface area contributed by atoms with Crippen LogP contribution in [-0.2, 0) is 0 Å². The van der Waals surface area contributed by atoms with Crippen molar-refractivity contribution in [3.05, 3.63) is 28.2 Å². The molecule has 1 rings (SSSR count). The molecule has 1 unspecified atom stereocenters. The lowest BCUT2D eigenvalue weighted by atomic mass is 9.94. The van der Waals surface area contributed by atoms with Gasteiger partial charge in [0.15, 0.2) is 0 Å². The van der Waals surface area contributed by atoms with E-state index in [2.05, 4.69) is 15.9 Å². The van der Waals surface area contributed by atoms with E-state index >= 15 is 0 Å². The van der Waals surface area contributed by atoms with Crippen LogP contribution in [0.25, 0.3) is 0 Å². The average molecular weight is 288 g/mol. The van der Waals surface area contributed by atoms with Gasteiger partial charge in [0, 0.05) is 16.1 Å². The third kappa shape index (κ3) is 3.77. The first-order chi connectivity index (χ1) is 7.33. The fourth-order valence-electron chi connectivity index (χ4n) is 1.64. The van der Waals surface area contributed by atoms with E-state index in [0.29, 0.717) is 6.42 Å². The fourth-order valence-corrected chi connectivity index (χ4v) is 2.02. The van der Waals surface area contributed by atoms with Gasteiger partial charge in [0.05, 0.1) is 12.7 Å². The molecule has 0 bridgehead atoms. The normalized spacial score (nSPS) is 13.6. The number of benzene rings is 1. The van der Waals surface area contributed by atoms with Gasteiger partial charge in [-0.05, 0) is 38.5 Å². The number of nitrogens with two attached hydrogens (primary N) is 1. The van der Waals surface area contributed by atoms with E-state index in [1.54, 1.807) is 21.0 Å². The maximum absolute atomic E-state index is 9.75. The van der Waals surface area contributed by atoms with Crippen LogP contribution in [0.4, 0.5) is 0 Å². The van der Waals surface area contributed by atoms with Crippen LogP contribution < -0.4 is 10.5 Å². The lowest BCUT2D eigenvalue weighted by Crippen LogP contribution is -2.26. The molecule has 0 saturated carbocycles. The minimum absolute atomic E-state index is 0.243. The second kappa shape index (κ2) is 5.17. The summed E-state index contributed by atoms with van der Waals surface area (Å²) in [5, 5.41) is 9.75. The quantitative estimate of drug-likeness (QED) is 0.895. The first-order valence-electron chi connectivity index (χ1n) is 5.15. The molecule has 4 heteroatoms. The summed E-state index contributed by atoms with van der Waals surface area (Å²) in [6.45, 7) is 3.49. The van der Waals surface area contributed by atoms with Crippen molar-refractivity contribution in [2.45, 2.75) is 31.9 Å². The van der Waals surface area contributed by atoms with E-state index in [9.17, 15) is 5.11 Å². The Morgan fingerprint density at radius 2 is 2.12 bits per heavy atom. The first kappa shape index (κ1) is 13.5. The molecule has 1 aromatic carbocycles. The highest BCUT2D eigenvalue weighted by atomic mass is 79.9. The molecule has 0 heterocycles. The number of aliphatic hydroxyl groups is 1.